The smallest absolute Gasteiger partial charge is 0.127 e. The normalized spacial score (nSPS) is 16.7. The first-order valence-electron chi connectivity index (χ1n) is 9.17. The van der Waals surface area contributed by atoms with Crippen LogP contribution in [0.25, 0.3) is 11.1 Å². The summed E-state index contributed by atoms with van der Waals surface area (Å²) >= 11 is 13.1. The summed E-state index contributed by atoms with van der Waals surface area (Å²) in [7, 11) is 2.12. The molecule has 1 saturated heterocycles. The van der Waals surface area contributed by atoms with Crippen LogP contribution in [-0.4, -0.2) is 38.1 Å². The molecule has 1 aliphatic rings. The van der Waals surface area contributed by atoms with Crippen LogP contribution in [0.2, 0.25) is 10.0 Å². The highest BCUT2D eigenvalue weighted by Gasteiger charge is 2.22. The van der Waals surface area contributed by atoms with Gasteiger partial charge in [0, 0.05) is 53.6 Å². The maximum absolute atomic E-state index is 14.9. The molecule has 0 radical (unpaired) electrons. The number of halogens is 3. The van der Waals surface area contributed by atoms with E-state index in [9.17, 15) is 4.39 Å². The maximum Gasteiger partial charge on any atom is 0.127 e. The molecule has 26 heavy (non-hydrogen) atoms. The Bertz CT molecular complexity index is 758. The lowest BCUT2D eigenvalue weighted by atomic mass is 9.97. The van der Waals surface area contributed by atoms with E-state index in [1.807, 2.05) is 37.3 Å². The zero-order valence-corrected chi connectivity index (χ0v) is 16.8. The number of likely N-dealkylation sites (N-methyl/N-ethyl adjacent to an activating group) is 1. The number of nitrogens with zero attached hydrogens (tertiary/aromatic N) is 2. The van der Waals surface area contributed by atoms with E-state index in [4.69, 9.17) is 23.2 Å². The molecule has 5 heteroatoms. The van der Waals surface area contributed by atoms with E-state index in [0.717, 1.165) is 49.4 Å². The Labute approximate surface area is 165 Å². The molecule has 1 atom stereocenters. The number of hydrogen-bond acceptors (Lipinski definition) is 2. The first-order chi connectivity index (χ1) is 12.5. The van der Waals surface area contributed by atoms with E-state index in [-0.39, 0.29) is 0 Å². The Hall–Kier alpha value is -1.29. The van der Waals surface area contributed by atoms with Crippen LogP contribution >= 0.6 is 23.2 Å². The van der Waals surface area contributed by atoms with Gasteiger partial charge in [-0.15, -0.1) is 0 Å². The van der Waals surface area contributed by atoms with Crippen LogP contribution in [0.1, 0.15) is 31.5 Å². The average molecular weight is 395 g/mol. The van der Waals surface area contributed by atoms with Gasteiger partial charge in [0.1, 0.15) is 6.17 Å². The Balaban J connectivity index is 2.09. The van der Waals surface area contributed by atoms with Crippen molar-refractivity contribution in [2.24, 2.45) is 0 Å². The molecule has 1 heterocycles. The minimum absolute atomic E-state index is 0.466. The van der Waals surface area contributed by atoms with Crippen molar-refractivity contribution in [2.45, 2.75) is 25.9 Å². The van der Waals surface area contributed by atoms with Gasteiger partial charge in [-0.05, 0) is 31.7 Å². The molecular formula is C21H25Cl2FN2. The molecule has 0 aliphatic carbocycles. The molecule has 0 spiro atoms. The van der Waals surface area contributed by atoms with Gasteiger partial charge in [0.2, 0.25) is 0 Å². The van der Waals surface area contributed by atoms with Gasteiger partial charge in [-0.2, -0.15) is 0 Å². The fourth-order valence-corrected chi connectivity index (χ4v) is 3.96. The van der Waals surface area contributed by atoms with E-state index in [1.54, 1.807) is 0 Å². The third-order valence-electron chi connectivity index (χ3n) is 5.00. The van der Waals surface area contributed by atoms with Gasteiger partial charge < -0.3 is 9.80 Å². The molecule has 0 N–H and O–H groups in total. The van der Waals surface area contributed by atoms with Crippen molar-refractivity contribution in [3.05, 3.63) is 52.0 Å². The number of rotatable bonds is 5. The molecule has 1 unspecified atom stereocenters. The fraction of sp³-hybridized carbons (Fsp3) is 0.429. The summed E-state index contributed by atoms with van der Waals surface area (Å²) in [5.41, 5.74) is 3.24. The molecule has 2 aromatic carbocycles. The highest BCUT2D eigenvalue weighted by molar-refractivity contribution is 6.37. The van der Waals surface area contributed by atoms with Crippen LogP contribution in [0, 0.1) is 0 Å². The second kappa shape index (κ2) is 8.60. The van der Waals surface area contributed by atoms with Crippen molar-refractivity contribution in [2.75, 3.05) is 38.1 Å². The molecule has 2 aromatic rings. The quantitative estimate of drug-likeness (QED) is 0.593. The van der Waals surface area contributed by atoms with Gasteiger partial charge in [0.15, 0.2) is 0 Å². The van der Waals surface area contributed by atoms with Gasteiger partial charge >= 0.3 is 0 Å². The molecule has 140 valence electrons. The first-order valence-corrected chi connectivity index (χ1v) is 9.92. The number of benzene rings is 2. The third kappa shape index (κ3) is 4.16. The van der Waals surface area contributed by atoms with Crippen LogP contribution in [-0.2, 0) is 0 Å². The SMILES string of the molecule is CCCC(F)c1cc(N2CCN(C)CC2)cc(-c2ccccc2Cl)c1Cl. The number of anilines is 1. The van der Waals surface area contributed by atoms with E-state index < -0.39 is 6.17 Å². The second-order valence-electron chi connectivity index (χ2n) is 6.92. The van der Waals surface area contributed by atoms with Crippen molar-refractivity contribution in [1.82, 2.24) is 4.90 Å². The summed E-state index contributed by atoms with van der Waals surface area (Å²) < 4.78 is 14.9. The zero-order valence-electron chi connectivity index (χ0n) is 15.3. The topological polar surface area (TPSA) is 6.48 Å². The van der Waals surface area contributed by atoms with Crippen molar-refractivity contribution < 1.29 is 4.39 Å². The molecule has 0 aromatic heterocycles. The first kappa shape index (κ1) is 19.5. The lowest BCUT2D eigenvalue weighted by Crippen LogP contribution is -2.44. The van der Waals surface area contributed by atoms with Crippen LogP contribution in [0.4, 0.5) is 10.1 Å². The third-order valence-corrected chi connectivity index (χ3v) is 5.75. The predicted molar refractivity (Wildman–Crippen MR) is 110 cm³/mol. The number of alkyl halides is 1. The molecule has 2 nitrogen and oxygen atoms in total. The Morgan fingerprint density at radius 2 is 1.73 bits per heavy atom. The van der Waals surface area contributed by atoms with Crippen LogP contribution < -0.4 is 4.90 Å². The van der Waals surface area contributed by atoms with Gasteiger partial charge in [-0.1, -0.05) is 54.7 Å². The Morgan fingerprint density at radius 1 is 1.04 bits per heavy atom. The van der Waals surface area contributed by atoms with Gasteiger partial charge in [-0.25, -0.2) is 4.39 Å². The average Bonchev–Trinajstić information content (AvgIpc) is 2.63. The van der Waals surface area contributed by atoms with Crippen molar-refractivity contribution in [3.63, 3.8) is 0 Å². The van der Waals surface area contributed by atoms with Crippen LogP contribution in [0.5, 0.6) is 0 Å². The summed E-state index contributed by atoms with van der Waals surface area (Å²) in [6.45, 7) is 5.81. The fourth-order valence-electron chi connectivity index (χ4n) is 3.39. The molecular weight excluding hydrogens is 370 g/mol. The molecule has 3 rings (SSSR count). The molecule has 1 aliphatic heterocycles. The monoisotopic (exact) mass is 394 g/mol. The largest absolute Gasteiger partial charge is 0.369 e. The van der Waals surface area contributed by atoms with Crippen molar-refractivity contribution >= 4 is 28.9 Å². The Kier molecular flexibility index (Phi) is 6.44. The van der Waals surface area contributed by atoms with Crippen LogP contribution in [0.3, 0.4) is 0 Å². The van der Waals surface area contributed by atoms with Gasteiger partial charge in [-0.3, -0.25) is 0 Å². The summed E-state index contributed by atoms with van der Waals surface area (Å²) in [5.74, 6) is 0. The molecule has 1 fully saturated rings. The lowest BCUT2D eigenvalue weighted by Gasteiger charge is -2.35. The predicted octanol–water partition coefficient (Wildman–Crippen LogP) is 6.22. The molecule has 0 bridgehead atoms. The summed E-state index contributed by atoms with van der Waals surface area (Å²) in [4.78, 5) is 4.61. The minimum atomic E-state index is -1.07. The van der Waals surface area contributed by atoms with Crippen molar-refractivity contribution in [1.29, 1.82) is 0 Å². The minimum Gasteiger partial charge on any atom is -0.369 e. The summed E-state index contributed by atoms with van der Waals surface area (Å²) in [5, 5.41) is 1.10. The highest BCUT2D eigenvalue weighted by Crippen LogP contribution is 2.42. The maximum atomic E-state index is 14.9. The zero-order chi connectivity index (χ0) is 18.7. The van der Waals surface area contributed by atoms with Gasteiger partial charge in [0.05, 0.1) is 5.02 Å². The van der Waals surface area contributed by atoms with Gasteiger partial charge in [0.25, 0.3) is 0 Å². The lowest BCUT2D eigenvalue weighted by molar-refractivity contribution is 0.312. The van der Waals surface area contributed by atoms with E-state index in [2.05, 4.69) is 22.9 Å². The van der Waals surface area contributed by atoms with Crippen molar-refractivity contribution in [3.8, 4) is 11.1 Å². The highest BCUT2D eigenvalue weighted by atomic mass is 35.5. The number of hydrogen-bond donors (Lipinski definition) is 0. The van der Waals surface area contributed by atoms with E-state index in [1.165, 1.54) is 0 Å². The van der Waals surface area contributed by atoms with Crippen LogP contribution in [0.15, 0.2) is 36.4 Å². The van der Waals surface area contributed by atoms with E-state index >= 15 is 0 Å². The molecule has 0 amide bonds. The number of piperazine rings is 1. The molecule has 0 saturated carbocycles. The standard InChI is InChI=1S/C21H25Cl2FN2/c1-3-6-20(24)18-14-15(26-11-9-25(2)10-12-26)13-17(21(18)23)16-7-4-5-8-19(16)22/h4-5,7-8,13-14,20H,3,6,9-12H2,1-2H3. The summed E-state index contributed by atoms with van der Waals surface area (Å²) in [6, 6.07) is 11.6. The second-order valence-corrected chi connectivity index (χ2v) is 7.71. The Morgan fingerprint density at radius 3 is 2.38 bits per heavy atom. The summed E-state index contributed by atoms with van der Waals surface area (Å²) in [6.07, 6.45) is 0.173. The van der Waals surface area contributed by atoms with E-state index in [0.29, 0.717) is 22.0 Å².